The first-order valence-corrected chi connectivity index (χ1v) is 10.7. The number of phenolic OH excluding ortho intramolecular Hbond substituents is 1. The zero-order chi connectivity index (χ0) is 22.2. The van der Waals surface area contributed by atoms with Crippen LogP contribution in [0.25, 0.3) is 11.3 Å². The third kappa shape index (κ3) is 4.34. The molecular formula is C24H23FN4O3. The van der Waals surface area contributed by atoms with Gasteiger partial charge in [0.1, 0.15) is 11.6 Å². The lowest BCUT2D eigenvalue weighted by molar-refractivity contribution is -0.117. The maximum atomic E-state index is 13.4. The van der Waals surface area contributed by atoms with Crippen molar-refractivity contribution in [2.75, 3.05) is 5.32 Å². The highest BCUT2D eigenvalue weighted by atomic mass is 19.1. The van der Waals surface area contributed by atoms with Crippen molar-refractivity contribution in [2.45, 2.75) is 38.1 Å². The number of carbonyl (C=O) groups is 2. The first kappa shape index (κ1) is 20.2. The van der Waals surface area contributed by atoms with E-state index in [0.717, 1.165) is 31.4 Å². The van der Waals surface area contributed by atoms with E-state index in [0.29, 0.717) is 22.5 Å². The van der Waals surface area contributed by atoms with Crippen LogP contribution in [0.4, 0.5) is 14.9 Å². The monoisotopic (exact) mass is 434 g/mol. The zero-order valence-corrected chi connectivity index (χ0v) is 17.3. The highest BCUT2D eigenvalue weighted by Crippen LogP contribution is 2.42. The van der Waals surface area contributed by atoms with E-state index < -0.39 is 6.03 Å². The van der Waals surface area contributed by atoms with Gasteiger partial charge < -0.3 is 15.7 Å². The predicted octanol–water partition coefficient (Wildman–Crippen LogP) is 4.38. The van der Waals surface area contributed by atoms with Crippen LogP contribution in [-0.2, 0) is 11.3 Å². The van der Waals surface area contributed by atoms with Crippen molar-refractivity contribution in [3.63, 3.8) is 0 Å². The second-order valence-corrected chi connectivity index (χ2v) is 8.42. The number of hydrogen-bond acceptors (Lipinski definition) is 4. The lowest BCUT2D eigenvalue weighted by atomic mass is 10.1. The zero-order valence-electron chi connectivity index (χ0n) is 17.3. The van der Waals surface area contributed by atoms with Gasteiger partial charge in [-0.15, -0.1) is 0 Å². The molecule has 2 saturated carbocycles. The molecule has 2 amide bonds. The molecule has 0 saturated heterocycles. The summed E-state index contributed by atoms with van der Waals surface area (Å²) >= 11 is 0. The number of rotatable bonds is 6. The SMILES string of the molecule is O=C(Nc1ccc(O)c(-c2cc(C3CC3)n(C(=O)NCc3cccc(F)c3)n2)c1)C1CC1. The van der Waals surface area contributed by atoms with Gasteiger partial charge in [0, 0.05) is 29.6 Å². The number of halogens is 1. The summed E-state index contributed by atoms with van der Waals surface area (Å²) in [7, 11) is 0. The molecule has 5 rings (SSSR count). The average molecular weight is 434 g/mol. The lowest BCUT2D eigenvalue weighted by Crippen LogP contribution is -2.30. The van der Waals surface area contributed by atoms with E-state index in [4.69, 9.17) is 0 Å². The maximum absolute atomic E-state index is 13.4. The van der Waals surface area contributed by atoms with Crippen molar-refractivity contribution >= 4 is 17.6 Å². The molecule has 3 N–H and O–H groups in total. The van der Waals surface area contributed by atoms with Crippen molar-refractivity contribution in [1.82, 2.24) is 15.1 Å². The maximum Gasteiger partial charge on any atom is 0.342 e. The van der Waals surface area contributed by atoms with Gasteiger partial charge in [0.05, 0.1) is 11.4 Å². The number of nitrogens with zero attached hydrogens (tertiary/aromatic N) is 2. The van der Waals surface area contributed by atoms with E-state index >= 15 is 0 Å². The average Bonchev–Trinajstić information content (AvgIpc) is 3.71. The quantitative estimate of drug-likeness (QED) is 0.502. The largest absolute Gasteiger partial charge is 0.507 e. The molecule has 3 aromatic rings. The number of amides is 2. The third-order valence-corrected chi connectivity index (χ3v) is 5.75. The fraction of sp³-hybridized carbons (Fsp3) is 0.292. The Morgan fingerprint density at radius 1 is 1.09 bits per heavy atom. The summed E-state index contributed by atoms with van der Waals surface area (Å²) in [4.78, 5) is 24.9. The molecule has 1 aromatic heterocycles. The summed E-state index contributed by atoms with van der Waals surface area (Å²) in [6.07, 6.45) is 3.73. The van der Waals surface area contributed by atoms with Crippen LogP contribution in [0.15, 0.2) is 48.5 Å². The van der Waals surface area contributed by atoms with Crippen LogP contribution in [-0.4, -0.2) is 26.8 Å². The Hall–Kier alpha value is -3.68. The van der Waals surface area contributed by atoms with Crippen LogP contribution < -0.4 is 10.6 Å². The molecule has 0 aliphatic heterocycles. The van der Waals surface area contributed by atoms with Gasteiger partial charge in [-0.05, 0) is 67.6 Å². The smallest absolute Gasteiger partial charge is 0.342 e. The topological polar surface area (TPSA) is 96.2 Å². The van der Waals surface area contributed by atoms with Crippen molar-refractivity contribution in [1.29, 1.82) is 0 Å². The second-order valence-electron chi connectivity index (χ2n) is 8.42. The minimum absolute atomic E-state index is 0.0154. The molecule has 0 atom stereocenters. The molecule has 32 heavy (non-hydrogen) atoms. The Balaban J connectivity index is 1.39. The van der Waals surface area contributed by atoms with Gasteiger partial charge in [-0.2, -0.15) is 9.78 Å². The second kappa shape index (κ2) is 8.11. The van der Waals surface area contributed by atoms with Crippen LogP contribution in [0.3, 0.4) is 0 Å². The molecule has 2 fully saturated rings. The Bertz CT molecular complexity index is 1200. The summed E-state index contributed by atoms with van der Waals surface area (Å²) in [6.45, 7) is 0.170. The molecule has 164 valence electrons. The molecule has 8 heteroatoms. The molecule has 2 aromatic carbocycles. The molecular weight excluding hydrogens is 411 g/mol. The fourth-order valence-corrected chi connectivity index (χ4v) is 3.67. The van der Waals surface area contributed by atoms with E-state index in [1.165, 1.54) is 22.9 Å². The van der Waals surface area contributed by atoms with Gasteiger partial charge in [0.15, 0.2) is 0 Å². The number of carbonyl (C=O) groups excluding carboxylic acids is 2. The summed E-state index contributed by atoms with van der Waals surface area (Å²) in [6, 6.07) is 12.3. The van der Waals surface area contributed by atoms with Crippen LogP contribution in [0.5, 0.6) is 5.75 Å². The molecule has 1 heterocycles. The predicted molar refractivity (Wildman–Crippen MR) is 117 cm³/mol. The summed E-state index contributed by atoms with van der Waals surface area (Å²) in [5.74, 6) is -0.0733. The molecule has 0 unspecified atom stereocenters. The molecule has 2 aliphatic rings. The van der Waals surface area contributed by atoms with E-state index in [2.05, 4.69) is 15.7 Å². The summed E-state index contributed by atoms with van der Waals surface area (Å²) < 4.78 is 14.7. The van der Waals surface area contributed by atoms with Gasteiger partial charge in [-0.25, -0.2) is 9.18 Å². The number of nitrogens with one attached hydrogen (secondary N) is 2. The third-order valence-electron chi connectivity index (χ3n) is 5.75. The highest BCUT2D eigenvalue weighted by Gasteiger charge is 2.31. The van der Waals surface area contributed by atoms with Crippen LogP contribution >= 0.6 is 0 Å². The van der Waals surface area contributed by atoms with Crippen LogP contribution in [0.1, 0.15) is 42.9 Å². The first-order chi connectivity index (χ1) is 15.5. The first-order valence-electron chi connectivity index (χ1n) is 10.7. The van der Waals surface area contributed by atoms with E-state index in [1.54, 1.807) is 30.3 Å². The van der Waals surface area contributed by atoms with Gasteiger partial charge in [0.2, 0.25) is 5.91 Å². The van der Waals surface area contributed by atoms with Gasteiger partial charge >= 0.3 is 6.03 Å². The normalized spacial score (nSPS) is 15.4. The van der Waals surface area contributed by atoms with Gasteiger partial charge in [-0.3, -0.25) is 4.79 Å². The minimum Gasteiger partial charge on any atom is -0.507 e. The minimum atomic E-state index is -0.417. The van der Waals surface area contributed by atoms with Crippen molar-refractivity contribution in [2.24, 2.45) is 5.92 Å². The number of aromatic nitrogens is 2. The van der Waals surface area contributed by atoms with Gasteiger partial charge in [0.25, 0.3) is 0 Å². The van der Waals surface area contributed by atoms with Crippen molar-refractivity contribution in [3.8, 4) is 17.0 Å². The van der Waals surface area contributed by atoms with E-state index in [1.807, 2.05) is 0 Å². The Labute approximate surface area is 184 Å². The molecule has 7 nitrogen and oxygen atoms in total. The van der Waals surface area contributed by atoms with E-state index in [-0.39, 0.29) is 35.9 Å². The summed E-state index contributed by atoms with van der Waals surface area (Å²) in [5, 5.41) is 20.5. The Kier molecular flexibility index (Phi) is 5.13. The number of benzene rings is 2. The Morgan fingerprint density at radius 2 is 1.91 bits per heavy atom. The van der Waals surface area contributed by atoms with Crippen molar-refractivity contribution in [3.05, 3.63) is 65.6 Å². The van der Waals surface area contributed by atoms with Gasteiger partial charge in [-0.1, -0.05) is 12.1 Å². The molecule has 2 aliphatic carbocycles. The number of phenols is 1. The number of anilines is 1. The van der Waals surface area contributed by atoms with Crippen molar-refractivity contribution < 1.29 is 19.1 Å². The molecule has 0 bridgehead atoms. The molecule has 0 spiro atoms. The lowest BCUT2D eigenvalue weighted by Gasteiger charge is -2.08. The summed E-state index contributed by atoms with van der Waals surface area (Å²) in [5.41, 5.74) is 2.89. The number of hydrogen-bond donors (Lipinski definition) is 3. The van der Waals surface area contributed by atoms with E-state index in [9.17, 15) is 19.1 Å². The highest BCUT2D eigenvalue weighted by molar-refractivity contribution is 5.95. The Morgan fingerprint density at radius 3 is 2.62 bits per heavy atom. The number of aromatic hydroxyl groups is 1. The van der Waals surface area contributed by atoms with Crippen LogP contribution in [0, 0.1) is 11.7 Å². The van der Waals surface area contributed by atoms with Crippen LogP contribution in [0.2, 0.25) is 0 Å². The molecule has 0 radical (unpaired) electrons. The standard InChI is InChI=1S/C24H23FN4O3/c25-17-3-1-2-14(10-17)13-26-24(32)29-21(15-4-5-15)12-20(28-29)19-11-18(8-9-22(19)30)27-23(31)16-6-7-16/h1-3,8-12,15-16,30H,4-7,13H2,(H,26,32)(H,27,31). The fourth-order valence-electron chi connectivity index (χ4n) is 3.67.